The number of amides is 3. The monoisotopic (exact) mass is 479 g/mol. The van der Waals surface area contributed by atoms with Gasteiger partial charge < -0.3 is 5.32 Å². The molecule has 1 N–H and O–H groups in total. The number of hydrogen-bond donors (Lipinski definition) is 1. The summed E-state index contributed by atoms with van der Waals surface area (Å²) in [5.41, 5.74) is 2.26. The molecule has 34 heavy (non-hydrogen) atoms. The van der Waals surface area contributed by atoms with Crippen LogP contribution in [0.15, 0.2) is 66.7 Å². The molecule has 3 amide bonds. The van der Waals surface area contributed by atoms with E-state index in [1.807, 2.05) is 13.0 Å². The van der Waals surface area contributed by atoms with E-state index >= 15 is 0 Å². The molecular formula is C25H19F2N3O3S. The van der Waals surface area contributed by atoms with Crippen molar-refractivity contribution in [3.8, 4) is 0 Å². The molecule has 0 aliphatic carbocycles. The maximum absolute atomic E-state index is 14.0. The lowest BCUT2D eigenvalue weighted by molar-refractivity contribution is -0.124. The molecule has 0 radical (unpaired) electrons. The normalized spacial score (nSPS) is 19.1. The summed E-state index contributed by atoms with van der Waals surface area (Å²) >= 11 is 1.16. The zero-order valence-electron chi connectivity index (χ0n) is 18.0. The summed E-state index contributed by atoms with van der Waals surface area (Å²) in [6.07, 6.45) is 0. The smallest absolute Gasteiger partial charge is 0.269 e. The van der Waals surface area contributed by atoms with Gasteiger partial charge in [0.2, 0.25) is 16.7 Å². The van der Waals surface area contributed by atoms with Crippen LogP contribution in [0.4, 0.5) is 25.8 Å². The minimum absolute atomic E-state index is 0.0113. The van der Waals surface area contributed by atoms with Crippen LogP contribution in [-0.4, -0.2) is 30.0 Å². The van der Waals surface area contributed by atoms with Gasteiger partial charge in [0, 0.05) is 11.3 Å². The van der Waals surface area contributed by atoms with E-state index in [4.69, 9.17) is 0 Å². The number of carbonyl (C=O) groups is 3. The van der Waals surface area contributed by atoms with E-state index in [0.29, 0.717) is 16.9 Å². The van der Waals surface area contributed by atoms with Gasteiger partial charge in [-0.15, -0.1) is 11.8 Å². The van der Waals surface area contributed by atoms with E-state index in [0.717, 1.165) is 17.3 Å². The number of aryl methyl sites for hydroxylation is 1. The average Bonchev–Trinajstić information content (AvgIpc) is 3.28. The Hall–Kier alpha value is -3.72. The number of thioether (sulfide) groups is 1. The Morgan fingerprint density at radius 3 is 2.50 bits per heavy atom. The molecule has 172 valence electrons. The molecule has 0 aromatic heterocycles. The highest BCUT2D eigenvalue weighted by Gasteiger charge is 2.61. The first kappa shape index (κ1) is 22.1. The predicted octanol–water partition coefficient (Wildman–Crippen LogP) is 4.19. The van der Waals surface area contributed by atoms with E-state index in [9.17, 15) is 23.2 Å². The molecule has 1 unspecified atom stereocenters. The van der Waals surface area contributed by atoms with Gasteiger partial charge >= 0.3 is 0 Å². The molecule has 2 aliphatic rings. The summed E-state index contributed by atoms with van der Waals surface area (Å²) in [5.74, 6) is -2.33. The number of nitrogens with zero attached hydrogens (tertiary/aromatic N) is 2. The highest BCUT2D eigenvalue weighted by Crippen LogP contribution is 2.56. The topological polar surface area (TPSA) is 69.7 Å². The van der Waals surface area contributed by atoms with Gasteiger partial charge in [0.25, 0.3) is 5.91 Å². The molecule has 6 nitrogen and oxygen atoms in total. The van der Waals surface area contributed by atoms with Gasteiger partial charge in [-0.1, -0.05) is 30.3 Å². The minimum Gasteiger partial charge on any atom is -0.322 e. The van der Waals surface area contributed by atoms with Crippen LogP contribution in [-0.2, 0) is 19.3 Å². The Morgan fingerprint density at radius 1 is 1.03 bits per heavy atom. The van der Waals surface area contributed by atoms with E-state index < -0.39 is 28.3 Å². The van der Waals surface area contributed by atoms with Crippen molar-refractivity contribution in [2.75, 3.05) is 27.4 Å². The summed E-state index contributed by atoms with van der Waals surface area (Å²) in [5, 5.41) is 2.51. The fourth-order valence-corrected chi connectivity index (χ4v) is 5.83. The lowest BCUT2D eigenvalue weighted by Crippen LogP contribution is -2.50. The maximum atomic E-state index is 14.0. The van der Waals surface area contributed by atoms with Gasteiger partial charge in [0.1, 0.15) is 18.2 Å². The van der Waals surface area contributed by atoms with Crippen LogP contribution < -0.4 is 15.1 Å². The summed E-state index contributed by atoms with van der Waals surface area (Å²) in [4.78, 5) is 41.1. The summed E-state index contributed by atoms with van der Waals surface area (Å²) in [6.45, 7) is 1.45. The number of para-hydroxylation sites is 2. The molecule has 1 spiro atoms. The predicted molar refractivity (Wildman–Crippen MR) is 127 cm³/mol. The van der Waals surface area contributed by atoms with Crippen molar-refractivity contribution < 1.29 is 23.2 Å². The minimum atomic E-state index is -1.42. The van der Waals surface area contributed by atoms with Gasteiger partial charge in [-0.3, -0.25) is 24.2 Å². The largest absolute Gasteiger partial charge is 0.322 e. The second-order valence-corrected chi connectivity index (χ2v) is 9.20. The second kappa shape index (κ2) is 8.25. The molecule has 2 aliphatic heterocycles. The highest BCUT2D eigenvalue weighted by molar-refractivity contribution is 8.02. The quantitative estimate of drug-likeness (QED) is 0.609. The number of rotatable bonds is 4. The first-order chi connectivity index (χ1) is 16.3. The summed E-state index contributed by atoms with van der Waals surface area (Å²) in [6, 6.07) is 16.5. The third-order valence-electron chi connectivity index (χ3n) is 5.91. The van der Waals surface area contributed by atoms with E-state index in [-0.39, 0.29) is 23.9 Å². The Labute approximate surface area is 198 Å². The summed E-state index contributed by atoms with van der Waals surface area (Å²) in [7, 11) is 0. The Balaban J connectivity index is 1.56. The molecule has 2 heterocycles. The first-order valence-corrected chi connectivity index (χ1v) is 11.5. The molecule has 1 atom stereocenters. The van der Waals surface area contributed by atoms with Crippen LogP contribution in [0.5, 0.6) is 0 Å². The van der Waals surface area contributed by atoms with Crippen molar-refractivity contribution in [3.63, 3.8) is 0 Å². The number of anilines is 3. The highest BCUT2D eigenvalue weighted by atomic mass is 32.2. The molecule has 1 fully saturated rings. The summed E-state index contributed by atoms with van der Waals surface area (Å²) < 4.78 is 27.6. The fraction of sp³-hybridized carbons (Fsp3) is 0.160. The van der Waals surface area contributed by atoms with Gasteiger partial charge in [-0.05, 0) is 48.9 Å². The molecular weight excluding hydrogens is 460 g/mol. The molecule has 0 bridgehead atoms. The van der Waals surface area contributed by atoms with Crippen LogP contribution in [0, 0.1) is 18.6 Å². The van der Waals surface area contributed by atoms with Crippen molar-refractivity contribution >= 4 is 46.5 Å². The molecule has 3 aromatic rings. The average molecular weight is 480 g/mol. The number of benzene rings is 3. The second-order valence-electron chi connectivity index (χ2n) is 8.03. The lowest BCUT2D eigenvalue weighted by Gasteiger charge is -2.33. The molecule has 3 aromatic carbocycles. The Morgan fingerprint density at radius 2 is 1.76 bits per heavy atom. The van der Waals surface area contributed by atoms with Crippen molar-refractivity contribution in [3.05, 3.63) is 89.5 Å². The van der Waals surface area contributed by atoms with Crippen LogP contribution in [0.2, 0.25) is 0 Å². The van der Waals surface area contributed by atoms with Crippen molar-refractivity contribution in [2.45, 2.75) is 11.8 Å². The third kappa shape index (κ3) is 3.35. The zero-order chi connectivity index (χ0) is 24.0. The number of fused-ring (bicyclic) bond motifs is 2. The first-order valence-electron chi connectivity index (χ1n) is 10.5. The third-order valence-corrected chi connectivity index (χ3v) is 7.30. The maximum Gasteiger partial charge on any atom is 0.269 e. The van der Waals surface area contributed by atoms with Gasteiger partial charge in [0.05, 0.1) is 17.1 Å². The molecule has 0 saturated carbocycles. The van der Waals surface area contributed by atoms with E-state index in [2.05, 4.69) is 5.32 Å². The van der Waals surface area contributed by atoms with Crippen LogP contribution >= 0.6 is 11.8 Å². The van der Waals surface area contributed by atoms with E-state index in [1.54, 1.807) is 18.2 Å². The van der Waals surface area contributed by atoms with Crippen LogP contribution in [0.1, 0.15) is 11.1 Å². The van der Waals surface area contributed by atoms with Gasteiger partial charge in [-0.25, -0.2) is 8.78 Å². The molecule has 9 heteroatoms. The van der Waals surface area contributed by atoms with Crippen molar-refractivity contribution in [2.24, 2.45) is 0 Å². The Kier molecular flexibility index (Phi) is 5.36. The standard InChI is InChI=1S/C25H19F2N3O3S/c1-15-5-4-6-18-23(15)29(13-21(31)28-20-8-3-2-7-19(20)27)24(33)25(18)30(22(32)14-34-25)17-11-9-16(26)10-12-17/h2-12H,13-14H2,1H3,(H,28,31). The number of halogens is 2. The Bertz CT molecular complexity index is 1330. The number of hydrogen-bond acceptors (Lipinski definition) is 4. The SMILES string of the molecule is Cc1cccc2c1N(CC(=O)Nc1ccccc1F)C(=O)C21SCC(=O)N1c1ccc(F)cc1. The fourth-order valence-electron chi connectivity index (χ4n) is 4.48. The van der Waals surface area contributed by atoms with E-state index in [1.165, 1.54) is 52.3 Å². The van der Waals surface area contributed by atoms with Crippen molar-refractivity contribution in [1.29, 1.82) is 0 Å². The zero-order valence-corrected chi connectivity index (χ0v) is 18.9. The van der Waals surface area contributed by atoms with Gasteiger partial charge in [-0.2, -0.15) is 0 Å². The number of carbonyl (C=O) groups excluding carboxylic acids is 3. The van der Waals surface area contributed by atoms with Crippen LogP contribution in [0.25, 0.3) is 0 Å². The number of nitrogens with one attached hydrogen (secondary N) is 1. The molecule has 1 saturated heterocycles. The van der Waals surface area contributed by atoms with Crippen molar-refractivity contribution in [1.82, 2.24) is 0 Å². The van der Waals surface area contributed by atoms with Gasteiger partial charge in [0.15, 0.2) is 0 Å². The van der Waals surface area contributed by atoms with Crippen LogP contribution in [0.3, 0.4) is 0 Å². The lowest BCUT2D eigenvalue weighted by atomic mass is 10.0. The molecule has 5 rings (SSSR count).